The van der Waals surface area contributed by atoms with E-state index in [4.69, 9.17) is 0 Å². The van der Waals surface area contributed by atoms with Gasteiger partial charge in [-0.3, -0.25) is 10.1 Å². The first-order valence-electron chi connectivity index (χ1n) is 5.26. The molecule has 0 saturated heterocycles. The van der Waals surface area contributed by atoms with Crippen LogP contribution in [0.3, 0.4) is 0 Å². The largest absolute Gasteiger partial charge is 0.416 e. The van der Waals surface area contributed by atoms with Crippen molar-refractivity contribution in [3.8, 4) is 11.1 Å². The predicted molar refractivity (Wildman–Crippen MR) is 61.3 cm³/mol. The van der Waals surface area contributed by atoms with Crippen LogP contribution in [0.1, 0.15) is 5.56 Å². The number of aromatic nitrogens is 1. The van der Waals surface area contributed by atoms with Crippen molar-refractivity contribution >= 4 is 5.69 Å². The molecule has 8 heteroatoms. The summed E-state index contributed by atoms with van der Waals surface area (Å²) in [5.41, 5.74) is -1.24. The van der Waals surface area contributed by atoms with Crippen LogP contribution in [0.25, 0.3) is 11.1 Å². The van der Waals surface area contributed by atoms with Crippen molar-refractivity contribution in [3.05, 3.63) is 58.2 Å². The van der Waals surface area contributed by atoms with E-state index >= 15 is 0 Å². The summed E-state index contributed by atoms with van der Waals surface area (Å²) >= 11 is 0. The van der Waals surface area contributed by atoms with E-state index in [-0.39, 0.29) is 11.1 Å². The van der Waals surface area contributed by atoms with Crippen molar-refractivity contribution in [1.29, 1.82) is 0 Å². The molecule has 0 bridgehead atoms. The standard InChI is InChI=1S/C12H6F4N2O2/c13-11-10(18(19)20)5-8(6-17-11)7-1-3-9(4-2-7)12(14,15)16/h1-6H. The minimum absolute atomic E-state index is 0.159. The SMILES string of the molecule is O=[N+]([O-])c1cc(-c2ccc(C(F)(F)F)cc2)cnc1F. The van der Waals surface area contributed by atoms with Gasteiger partial charge in [-0.2, -0.15) is 17.6 Å². The van der Waals surface area contributed by atoms with Crippen LogP contribution in [0.4, 0.5) is 23.2 Å². The third-order valence-corrected chi connectivity index (χ3v) is 2.56. The molecule has 0 radical (unpaired) electrons. The first-order valence-corrected chi connectivity index (χ1v) is 5.26. The lowest BCUT2D eigenvalue weighted by molar-refractivity contribution is -0.388. The topological polar surface area (TPSA) is 56.0 Å². The Hall–Kier alpha value is -2.51. The van der Waals surface area contributed by atoms with Crippen LogP contribution in [0, 0.1) is 16.1 Å². The van der Waals surface area contributed by atoms with Gasteiger partial charge < -0.3 is 0 Å². The molecular formula is C12H6F4N2O2. The molecule has 0 unspecified atom stereocenters. The quantitative estimate of drug-likeness (QED) is 0.365. The van der Waals surface area contributed by atoms with E-state index in [0.717, 1.165) is 36.5 Å². The van der Waals surface area contributed by atoms with Gasteiger partial charge in [-0.05, 0) is 17.7 Å². The fraction of sp³-hybridized carbons (Fsp3) is 0.0833. The fourth-order valence-electron chi connectivity index (χ4n) is 1.57. The fourth-order valence-corrected chi connectivity index (χ4v) is 1.57. The van der Waals surface area contributed by atoms with Crippen LogP contribution in [-0.2, 0) is 6.18 Å². The number of alkyl halides is 3. The van der Waals surface area contributed by atoms with Gasteiger partial charge in [0.1, 0.15) is 0 Å². The zero-order valence-electron chi connectivity index (χ0n) is 9.69. The minimum atomic E-state index is -4.47. The molecular weight excluding hydrogens is 280 g/mol. The first kappa shape index (κ1) is 13.9. The van der Waals surface area contributed by atoms with Gasteiger partial charge >= 0.3 is 11.9 Å². The van der Waals surface area contributed by atoms with Crippen molar-refractivity contribution in [3.63, 3.8) is 0 Å². The number of nitro groups is 1. The third kappa shape index (κ3) is 2.73. The molecule has 0 fully saturated rings. The maximum absolute atomic E-state index is 13.1. The van der Waals surface area contributed by atoms with Crippen LogP contribution in [0.5, 0.6) is 0 Å². The number of hydrogen-bond donors (Lipinski definition) is 0. The Bertz CT molecular complexity index is 653. The molecule has 1 aromatic carbocycles. The molecule has 0 atom stereocenters. The second-order valence-corrected chi connectivity index (χ2v) is 3.87. The molecule has 0 saturated carbocycles. The van der Waals surface area contributed by atoms with E-state index in [1.807, 2.05) is 0 Å². The maximum atomic E-state index is 13.1. The number of hydrogen-bond acceptors (Lipinski definition) is 3. The zero-order chi connectivity index (χ0) is 14.9. The number of pyridine rings is 1. The summed E-state index contributed by atoms with van der Waals surface area (Å²) < 4.78 is 50.2. The van der Waals surface area contributed by atoms with Crippen LogP contribution < -0.4 is 0 Å². The molecule has 1 aromatic heterocycles. The van der Waals surface area contributed by atoms with Crippen LogP contribution >= 0.6 is 0 Å². The summed E-state index contributed by atoms with van der Waals surface area (Å²) in [6.07, 6.45) is -3.45. The summed E-state index contributed by atoms with van der Waals surface area (Å²) in [5, 5.41) is 10.6. The molecule has 0 N–H and O–H groups in total. The van der Waals surface area contributed by atoms with E-state index in [1.54, 1.807) is 0 Å². The molecule has 20 heavy (non-hydrogen) atoms. The smallest absolute Gasteiger partial charge is 0.258 e. The molecule has 0 amide bonds. The Morgan fingerprint density at radius 1 is 1.10 bits per heavy atom. The average molecular weight is 286 g/mol. The van der Waals surface area contributed by atoms with E-state index in [9.17, 15) is 27.7 Å². The first-order chi connectivity index (χ1) is 9.29. The Balaban J connectivity index is 2.42. The molecule has 2 rings (SSSR count). The molecule has 0 spiro atoms. The summed E-state index contributed by atoms with van der Waals surface area (Å²) in [4.78, 5) is 12.8. The minimum Gasteiger partial charge on any atom is -0.258 e. The van der Waals surface area contributed by atoms with Crippen molar-refractivity contribution in [2.24, 2.45) is 0 Å². The average Bonchev–Trinajstić information content (AvgIpc) is 2.38. The van der Waals surface area contributed by atoms with E-state index in [2.05, 4.69) is 4.98 Å². The highest BCUT2D eigenvalue weighted by molar-refractivity contribution is 5.65. The van der Waals surface area contributed by atoms with Gasteiger partial charge in [0.2, 0.25) is 0 Å². The summed E-state index contributed by atoms with van der Waals surface area (Å²) in [6.45, 7) is 0. The van der Waals surface area contributed by atoms with Gasteiger partial charge in [0, 0.05) is 17.8 Å². The van der Waals surface area contributed by atoms with Gasteiger partial charge in [-0.1, -0.05) is 12.1 Å². The second kappa shape index (κ2) is 4.87. The monoisotopic (exact) mass is 286 g/mol. The molecule has 0 aliphatic carbocycles. The Labute approximate surface area is 109 Å². The van der Waals surface area contributed by atoms with Crippen LogP contribution in [-0.4, -0.2) is 9.91 Å². The Morgan fingerprint density at radius 3 is 2.20 bits per heavy atom. The number of halogens is 4. The van der Waals surface area contributed by atoms with Gasteiger partial charge in [0.05, 0.1) is 10.5 Å². The lowest BCUT2D eigenvalue weighted by Crippen LogP contribution is -2.04. The van der Waals surface area contributed by atoms with Gasteiger partial charge in [-0.15, -0.1) is 0 Å². The van der Waals surface area contributed by atoms with Crippen LogP contribution in [0.15, 0.2) is 36.5 Å². The predicted octanol–water partition coefficient (Wildman–Crippen LogP) is 3.81. The zero-order valence-corrected chi connectivity index (χ0v) is 9.69. The van der Waals surface area contributed by atoms with Crippen LogP contribution in [0.2, 0.25) is 0 Å². The van der Waals surface area contributed by atoms with Crippen molar-refractivity contribution in [1.82, 2.24) is 4.98 Å². The highest BCUT2D eigenvalue weighted by Crippen LogP contribution is 2.31. The highest BCUT2D eigenvalue weighted by atomic mass is 19.4. The molecule has 104 valence electrons. The number of benzene rings is 1. The lowest BCUT2D eigenvalue weighted by Gasteiger charge is -2.07. The van der Waals surface area contributed by atoms with E-state index in [0.29, 0.717) is 0 Å². The second-order valence-electron chi connectivity index (χ2n) is 3.87. The van der Waals surface area contributed by atoms with Crippen molar-refractivity contribution in [2.75, 3.05) is 0 Å². The molecule has 2 aromatic rings. The van der Waals surface area contributed by atoms with E-state index < -0.39 is 28.3 Å². The molecule has 1 heterocycles. The summed E-state index contributed by atoms with van der Waals surface area (Å²) in [5.74, 6) is -1.24. The van der Waals surface area contributed by atoms with Crippen molar-refractivity contribution < 1.29 is 22.5 Å². The van der Waals surface area contributed by atoms with Gasteiger partial charge in [-0.25, -0.2) is 4.98 Å². The van der Waals surface area contributed by atoms with Crippen molar-refractivity contribution in [2.45, 2.75) is 6.18 Å². The van der Waals surface area contributed by atoms with Gasteiger partial charge in [0.25, 0.3) is 5.95 Å². The highest BCUT2D eigenvalue weighted by Gasteiger charge is 2.30. The molecule has 4 nitrogen and oxygen atoms in total. The molecule has 0 aliphatic rings. The summed E-state index contributed by atoms with van der Waals surface area (Å²) in [6, 6.07) is 4.88. The molecule has 0 aliphatic heterocycles. The number of rotatable bonds is 2. The maximum Gasteiger partial charge on any atom is 0.416 e. The third-order valence-electron chi connectivity index (χ3n) is 2.56. The number of nitrogens with zero attached hydrogens (tertiary/aromatic N) is 2. The van der Waals surface area contributed by atoms with E-state index in [1.165, 1.54) is 0 Å². The normalized spacial score (nSPS) is 11.4. The lowest BCUT2D eigenvalue weighted by atomic mass is 10.1. The summed E-state index contributed by atoms with van der Waals surface area (Å²) in [7, 11) is 0. The Morgan fingerprint density at radius 2 is 1.70 bits per heavy atom. The Kier molecular flexibility index (Phi) is 3.39. The van der Waals surface area contributed by atoms with Gasteiger partial charge in [0.15, 0.2) is 0 Å².